The van der Waals surface area contributed by atoms with Gasteiger partial charge in [-0.15, -0.1) is 0 Å². The highest BCUT2D eigenvalue weighted by Crippen LogP contribution is 2.24. The lowest BCUT2D eigenvalue weighted by atomic mass is 9.92. The van der Waals surface area contributed by atoms with E-state index in [-0.39, 0.29) is 18.3 Å². The van der Waals surface area contributed by atoms with Crippen molar-refractivity contribution in [1.29, 1.82) is 0 Å². The van der Waals surface area contributed by atoms with Crippen molar-refractivity contribution in [2.75, 3.05) is 12.3 Å². The lowest BCUT2D eigenvalue weighted by Crippen LogP contribution is -2.42. The zero-order valence-corrected chi connectivity index (χ0v) is 11.5. The molecule has 1 aromatic carbocycles. The van der Waals surface area contributed by atoms with Gasteiger partial charge in [-0.05, 0) is 5.56 Å². The average Bonchev–Trinajstić information content (AvgIpc) is 2.48. The number of rotatable bonds is 3. The van der Waals surface area contributed by atoms with E-state index in [1.54, 1.807) is 7.05 Å². The van der Waals surface area contributed by atoms with Gasteiger partial charge in [0.2, 0.25) is 0 Å². The van der Waals surface area contributed by atoms with E-state index in [0.29, 0.717) is 5.56 Å². The minimum atomic E-state index is -0.444. The molecule has 1 aromatic heterocycles. The smallest absolute Gasteiger partial charge is 0.332 e. The van der Waals surface area contributed by atoms with Gasteiger partial charge >= 0.3 is 5.69 Å². The van der Waals surface area contributed by atoms with Gasteiger partial charge in [-0.2, -0.15) is 0 Å². The molecule has 0 unspecified atom stereocenters. The summed E-state index contributed by atoms with van der Waals surface area (Å²) in [5, 5.41) is 0. The zero-order chi connectivity index (χ0) is 14.9. The summed E-state index contributed by atoms with van der Waals surface area (Å²) in [4.78, 5) is 24.2. The molecule has 0 aliphatic heterocycles. The highest BCUT2D eigenvalue weighted by molar-refractivity contribution is 5.46. The van der Waals surface area contributed by atoms with Crippen LogP contribution in [0.2, 0.25) is 0 Å². The summed E-state index contributed by atoms with van der Waals surface area (Å²) in [5.74, 6) is -0.167. The van der Waals surface area contributed by atoms with Crippen LogP contribution < -0.4 is 22.7 Å². The van der Waals surface area contributed by atoms with Crippen LogP contribution in [0, 0.1) is 0 Å². The van der Waals surface area contributed by atoms with Crippen molar-refractivity contribution in [2.45, 2.75) is 5.92 Å². The lowest BCUT2D eigenvalue weighted by molar-refractivity contribution is 0.660. The Balaban J connectivity index is 2.75. The number of hydrogen-bond acceptors (Lipinski definition) is 4. The summed E-state index contributed by atoms with van der Waals surface area (Å²) in [6.07, 6.45) is 0. The first-order valence-electron chi connectivity index (χ1n) is 6.29. The van der Waals surface area contributed by atoms with Crippen molar-refractivity contribution in [3.63, 3.8) is 0 Å². The van der Waals surface area contributed by atoms with Gasteiger partial charge in [0.05, 0.1) is 5.56 Å². The summed E-state index contributed by atoms with van der Waals surface area (Å²) in [5.41, 5.74) is 12.2. The van der Waals surface area contributed by atoms with Crippen molar-refractivity contribution >= 4 is 5.82 Å². The Kier molecular flexibility index (Phi) is 3.76. The molecule has 0 spiro atoms. The van der Waals surface area contributed by atoms with E-state index in [1.165, 1.54) is 11.6 Å². The molecule has 20 heavy (non-hydrogen) atoms. The van der Waals surface area contributed by atoms with Crippen molar-refractivity contribution in [2.24, 2.45) is 19.8 Å². The molecule has 0 aliphatic carbocycles. The second kappa shape index (κ2) is 5.34. The van der Waals surface area contributed by atoms with Crippen molar-refractivity contribution in [3.8, 4) is 0 Å². The molecule has 0 saturated carbocycles. The molecule has 2 aromatic rings. The van der Waals surface area contributed by atoms with Crippen LogP contribution in [0.5, 0.6) is 0 Å². The van der Waals surface area contributed by atoms with E-state index in [4.69, 9.17) is 11.5 Å². The highest BCUT2D eigenvalue weighted by Gasteiger charge is 2.22. The van der Waals surface area contributed by atoms with Crippen molar-refractivity contribution in [3.05, 3.63) is 62.3 Å². The number of aromatic nitrogens is 2. The summed E-state index contributed by atoms with van der Waals surface area (Å²) < 4.78 is 2.32. The Hall–Kier alpha value is -2.34. The third-order valence-electron chi connectivity index (χ3n) is 3.53. The Morgan fingerprint density at radius 3 is 2.25 bits per heavy atom. The van der Waals surface area contributed by atoms with Gasteiger partial charge in [-0.3, -0.25) is 13.9 Å². The Bertz CT molecular complexity index is 731. The normalized spacial score (nSPS) is 12.3. The summed E-state index contributed by atoms with van der Waals surface area (Å²) in [6, 6.07) is 9.42. The summed E-state index contributed by atoms with van der Waals surface area (Å²) in [7, 11) is 2.98. The molecular formula is C14H18N4O2. The predicted molar refractivity (Wildman–Crippen MR) is 78.7 cm³/mol. The van der Waals surface area contributed by atoms with Crippen molar-refractivity contribution in [1.82, 2.24) is 9.13 Å². The fourth-order valence-corrected chi connectivity index (χ4v) is 2.32. The van der Waals surface area contributed by atoms with Crippen LogP contribution in [0.1, 0.15) is 17.0 Å². The number of anilines is 1. The maximum Gasteiger partial charge on any atom is 0.332 e. The van der Waals surface area contributed by atoms with E-state index in [2.05, 4.69) is 0 Å². The third-order valence-corrected chi connectivity index (χ3v) is 3.53. The van der Waals surface area contributed by atoms with Gasteiger partial charge in [0.15, 0.2) is 0 Å². The van der Waals surface area contributed by atoms with Gasteiger partial charge in [-0.1, -0.05) is 30.3 Å². The van der Waals surface area contributed by atoms with Gasteiger partial charge in [0.25, 0.3) is 5.56 Å². The average molecular weight is 274 g/mol. The lowest BCUT2D eigenvalue weighted by Gasteiger charge is -2.19. The second-order valence-corrected chi connectivity index (χ2v) is 4.70. The van der Waals surface area contributed by atoms with Crippen LogP contribution in [0.25, 0.3) is 0 Å². The molecule has 4 N–H and O–H groups in total. The SMILES string of the molecule is Cn1c(N)c([C@@H](CN)c2ccccc2)c(=O)n(C)c1=O. The molecule has 106 valence electrons. The van der Waals surface area contributed by atoms with Crippen LogP contribution in [0.4, 0.5) is 5.82 Å². The molecule has 1 heterocycles. The first kappa shape index (κ1) is 14.1. The maximum absolute atomic E-state index is 12.4. The fraction of sp³-hybridized carbons (Fsp3) is 0.286. The molecule has 6 heteroatoms. The van der Waals surface area contributed by atoms with Crippen LogP contribution in [-0.4, -0.2) is 15.7 Å². The largest absolute Gasteiger partial charge is 0.385 e. The maximum atomic E-state index is 12.4. The van der Waals surface area contributed by atoms with Crippen LogP contribution in [-0.2, 0) is 14.1 Å². The molecule has 0 aliphatic rings. The zero-order valence-electron chi connectivity index (χ0n) is 11.5. The molecule has 0 bridgehead atoms. The summed E-state index contributed by atoms with van der Waals surface area (Å²) in [6.45, 7) is 0.238. The molecular weight excluding hydrogens is 256 g/mol. The molecule has 2 rings (SSSR count). The molecule has 1 atom stereocenters. The number of hydrogen-bond donors (Lipinski definition) is 2. The van der Waals surface area contributed by atoms with E-state index < -0.39 is 11.2 Å². The third kappa shape index (κ3) is 2.14. The summed E-state index contributed by atoms with van der Waals surface area (Å²) >= 11 is 0. The first-order chi connectivity index (χ1) is 9.49. The van der Waals surface area contributed by atoms with E-state index in [9.17, 15) is 9.59 Å². The monoisotopic (exact) mass is 274 g/mol. The van der Waals surface area contributed by atoms with Crippen LogP contribution >= 0.6 is 0 Å². The standard InChI is InChI=1S/C14H18N4O2/c1-17-12(16)11(13(19)18(2)14(17)20)10(8-15)9-6-4-3-5-7-9/h3-7,10H,8,15-16H2,1-2H3/t10-/m0/s1. The molecule has 0 fully saturated rings. The van der Waals surface area contributed by atoms with Gasteiger partial charge in [0.1, 0.15) is 5.82 Å². The number of nitrogens with two attached hydrogens (primary N) is 2. The second-order valence-electron chi connectivity index (χ2n) is 4.70. The number of nitrogens with zero attached hydrogens (tertiary/aromatic N) is 2. The molecule has 0 radical (unpaired) electrons. The highest BCUT2D eigenvalue weighted by atomic mass is 16.2. The van der Waals surface area contributed by atoms with E-state index >= 15 is 0 Å². The Labute approximate surface area is 116 Å². The predicted octanol–water partition coefficient (Wildman–Crippen LogP) is -0.243. The first-order valence-corrected chi connectivity index (χ1v) is 6.29. The minimum absolute atomic E-state index is 0.164. The topological polar surface area (TPSA) is 96.0 Å². The Morgan fingerprint density at radius 1 is 1.10 bits per heavy atom. The quantitative estimate of drug-likeness (QED) is 0.807. The van der Waals surface area contributed by atoms with Crippen LogP contribution in [0.15, 0.2) is 39.9 Å². The van der Waals surface area contributed by atoms with Crippen molar-refractivity contribution < 1.29 is 0 Å². The van der Waals surface area contributed by atoms with Gasteiger partial charge < -0.3 is 11.5 Å². The van der Waals surface area contributed by atoms with Gasteiger partial charge in [-0.25, -0.2) is 4.79 Å². The number of nitrogen functional groups attached to an aromatic ring is 1. The number of benzene rings is 1. The van der Waals surface area contributed by atoms with Gasteiger partial charge in [0, 0.05) is 26.6 Å². The fourth-order valence-electron chi connectivity index (χ4n) is 2.32. The molecule has 0 saturated heterocycles. The van der Waals surface area contributed by atoms with E-state index in [0.717, 1.165) is 10.1 Å². The van der Waals surface area contributed by atoms with Crippen LogP contribution in [0.3, 0.4) is 0 Å². The molecule has 0 amide bonds. The Morgan fingerprint density at radius 2 is 1.70 bits per heavy atom. The minimum Gasteiger partial charge on any atom is -0.385 e. The van der Waals surface area contributed by atoms with E-state index in [1.807, 2.05) is 30.3 Å². The molecule has 6 nitrogen and oxygen atoms in total.